The molecule has 120 valence electrons. The number of hydrogen-bond acceptors (Lipinski definition) is 4. The van der Waals surface area contributed by atoms with Gasteiger partial charge in [0.05, 0.1) is 23.7 Å². The lowest BCUT2D eigenvalue weighted by molar-refractivity contribution is -0.124. The van der Waals surface area contributed by atoms with Crippen molar-refractivity contribution >= 4 is 15.6 Å². The molecule has 0 aromatic heterocycles. The molecule has 0 aliphatic carbocycles. The van der Waals surface area contributed by atoms with Gasteiger partial charge in [-0.25, -0.2) is 8.42 Å². The average Bonchev–Trinajstić information content (AvgIpc) is 2.71. The van der Waals surface area contributed by atoms with Crippen molar-refractivity contribution in [2.24, 2.45) is 5.92 Å². The van der Waals surface area contributed by atoms with Crippen molar-refractivity contribution in [3.8, 4) is 0 Å². The summed E-state index contributed by atoms with van der Waals surface area (Å²) in [6.45, 7) is 0.921. The number of carbonyl (C=O) groups is 1. The summed E-state index contributed by atoms with van der Waals surface area (Å²) in [7, 11) is -2.94. The molecule has 2 aliphatic rings. The van der Waals surface area contributed by atoms with E-state index in [1.807, 2.05) is 30.3 Å². The summed E-state index contributed by atoms with van der Waals surface area (Å²) >= 11 is 0. The van der Waals surface area contributed by atoms with E-state index in [0.717, 1.165) is 18.4 Å². The predicted molar refractivity (Wildman–Crippen MR) is 84.2 cm³/mol. The van der Waals surface area contributed by atoms with Crippen LogP contribution in [-0.2, 0) is 26.0 Å². The second-order valence-electron chi connectivity index (χ2n) is 6.33. The minimum Gasteiger partial charge on any atom is -0.376 e. The highest BCUT2D eigenvalue weighted by Crippen LogP contribution is 2.41. The van der Waals surface area contributed by atoms with E-state index in [-0.39, 0.29) is 22.2 Å². The molecule has 4 nitrogen and oxygen atoms in total. The standard InChI is InChI=1S/C17H22O4S/c18-17(8-9-21-12-13-4-2-1-3-5-13)14-10-15-6-7-16(11-14)22(15,19)20/h1-5,14-16H,6-12H2. The van der Waals surface area contributed by atoms with E-state index >= 15 is 0 Å². The van der Waals surface area contributed by atoms with Crippen LogP contribution in [-0.4, -0.2) is 31.3 Å². The fourth-order valence-corrected chi connectivity index (χ4v) is 6.09. The Bertz CT molecular complexity index is 603. The van der Waals surface area contributed by atoms with E-state index in [1.165, 1.54) is 0 Å². The van der Waals surface area contributed by atoms with Crippen LogP contribution in [0.15, 0.2) is 30.3 Å². The highest BCUT2D eigenvalue weighted by molar-refractivity contribution is 7.93. The van der Waals surface area contributed by atoms with Gasteiger partial charge in [0.25, 0.3) is 0 Å². The van der Waals surface area contributed by atoms with E-state index < -0.39 is 9.84 Å². The lowest BCUT2D eigenvalue weighted by atomic mass is 9.93. The zero-order valence-corrected chi connectivity index (χ0v) is 13.4. The average molecular weight is 322 g/mol. The largest absolute Gasteiger partial charge is 0.376 e. The molecule has 5 heteroatoms. The molecule has 1 aromatic carbocycles. The van der Waals surface area contributed by atoms with Gasteiger partial charge in [-0.1, -0.05) is 30.3 Å². The van der Waals surface area contributed by atoms with Crippen LogP contribution in [0.25, 0.3) is 0 Å². The quantitative estimate of drug-likeness (QED) is 0.755. The molecule has 0 N–H and O–H groups in total. The van der Waals surface area contributed by atoms with Gasteiger partial charge in [-0.05, 0) is 31.2 Å². The first-order valence-electron chi connectivity index (χ1n) is 7.94. The summed E-state index contributed by atoms with van der Waals surface area (Å²) in [5.41, 5.74) is 1.09. The number of ether oxygens (including phenoxy) is 1. The minimum atomic E-state index is -2.94. The van der Waals surface area contributed by atoms with Gasteiger partial charge in [0.2, 0.25) is 0 Å². The third-order valence-corrected chi connectivity index (χ3v) is 7.61. The first-order valence-corrected chi connectivity index (χ1v) is 9.55. The highest BCUT2D eigenvalue weighted by atomic mass is 32.2. The van der Waals surface area contributed by atoms with Gasteiger partial charge in [-0.15, -0.1) is 0 Å². The van der Waals surface area contributed by atoms with Crippen LogP contribution < -0.4 is 0 Å². The predicted octanol–water partition coefficient (Wildman–Crippen LogP) is 2.52. The van der Waals surface area contributed by atoms with Crippen molar-refractivity contribution in [1.29, 1.82) is 0 Å². The fraction of sp³-hybridized carbons (Fsp3) is 0.588. The smallest absolute Gasteiger partial charge is 0.156 e. The topological polar surface area (TPSA) is 60.4 Å². The first kappa shape index (κ1) is 15.7. The Labute approximate surface area is 131 Å². The fourth-order valence-electron chi connectivity index (χ4n) is 3.61. The second kappa shape index (κ2) is 6.50. The molecule has 2 fully saturated rings. The van der Waals surface area contributed by atoms with E-state index in [2.05, 4.69) is 0 Å². The zero-order valence-electron chi connectivity index (χ0n) is 12.6. The number of rotatable bonds is 6. The van der Waals surface area contributed by atoms with E-state index in [0.29, 0.717) is 32.5 Å². The molecule has 2 aliphatic heterocycles. The number of hydrogen-bond donors (Lipinski definition) is 0. The van der Waals surface area contributed by atoms with Crippen LogP contribution in [0, 0.1) is 5.92 Å². The molecule has 2 saturated heterocycles. The van der Waals surface area contributed by atoms with Gasteiger partial charge >= 0.3 is 0 Å². The van der Waals surface area contributed by atoms with Gasteiger partial charge in [0.15, 0.2) is 9.84 Å². The monoisotopic (exact) mass is 322 g/mol. The number of Topliss-reactive ketones (excluding diaryl/α,β-unsaturated/α-hetero) is 1. The molecule has 2 atom stereocenters. The van der Waals surface area contributed by atoms with Crippen LogP contribution in [0.4, 0.5) is 0 Å². The number of benzene rings is 1. The molecule has 2 heterocycles. The molecule has 0 amide bonds. The van der Waals surface area contributed by atoms with E-state index in [4.69, 9.17) is 4.74 Å². The third kappa shape index (κ3) is 3.25. The van der Waals surface area contributed by atoms with Crippen molar-refractivity contribution in [3.05, 3.63) is 35.9 Å². The number of sulfone groups is 1. The molecule has 2 bridgehead atoms. The Kier molecular flexibility index (Phi) is 4.64. The molecule has 3 rings (SSSR count). The molecule has 22 heavy (non-hydrogen) atoms. The van der Waals surface area contributed by atoms with Crippen molar-refractivity contribution in [2.45, 2.75) is 49.2 Å². The van der Waals surface area contributed by atoms with Crippen molar-refractivity contribution in [1.82, 2.24) is 0 Å². The summed E-state index contributed by atoms with van der Waals surface area (Å²) in [4.78, 5) is 12.3. The lowest BCUT2D eigenvalue weighted by Gasteiger charge is -2.26. The maximum atomic E-state index is 12.3. The number of ketones is 1. The van der Waals surface area contributed by atoms with Crippen molar-refractivity contribution in [3.63, 3.8) is 0 Å². The van der Waals surface area contributed by atoms with Crippen LogP contribution >= 0.6 is 0 Å². The summed E-state index contributed by atoms with van der Waals surface area (Å²) in [6, 6.07) is 9.86. The minimum absolute atomic E-state index is 0.0821. The van der Waals surface area contributed by atoms with Gasteiger partial charge in [-0.2, -0.15) is 0 Å². The summed E-state index contributed by atoms with van der Waals surface area (Å²) in [5.74, 6) is 0.0845. The normalized spacial score (nSPS) is 29.4. The molecular weight excluding hydrogens is 300 g/mol. The molecular formula is C17H22O4S. The summed E-state index contributed by atoms with van der Waals surface area (Å²) in [6.07, 6.45) is 2.91. The maximum absolute atomic E-state index is 12.3. The highest BCUT2D eigenvalue weighted by Gasteiger charge is 2.48. The SMILES string of the molecule is O=C(CCOCc1ccccc1)C1CC2CCC(C1)S2(=O)=O. The second-order valence-corrected chi connectivity index (χ2v) is 8.84. The first-order chi connectivity index (χ1) is 10.6. The summed E-state index contributed by atoms with van der Waals surface area (Å²) in [5, 5.41) is -0.545. The van der Waals surface area contributed by atoms with Crippen LogP contribution in [0.5, 0.6) is 0 Å². The van der Waals surface area contributed by atoms with Crippen LogP contribution in [0.3, 0.4) is 0 Å². The number of carbonyl (C=O) groups excluding carboxylic acids is 1. The maximum Gasteiger partial charge on any atom is 0.156 e. The molecule has 1 aromatic rings. The zero-order chi connectivity index (χ0) is 15.6. The summed E-state index contributed by atoms with van der Waals surface area (Å²) < 4.78 is 29.6. The molecule has 0 saturated carbocycles. The Morgan fingerprint density at radius 3 is 2.36 bits per heavy atom. The number of fused-ring (bicyclic) bond motifs is 2. The lowest BCUT2D eigenvalue weighted by Crippen LogP contribution is -2.36. The molecule has 2 unspecified atom stereocenters. The van der Waals surface area contributed by atoms with Crippen LogP contribution in [0.1, 0.15) is 37.7 Å². The third-order valence-electron chi connectivity index (χ3n) is 4.89. The van der Waals surface area contributed by atoms with Gasteiger partial charge < -0.3 is 4.74 Å². The Hall–Kier alpha value is -1.20. The van der Waals surface area contributed by atoms with Crippen molar-refractivity contribution in [2.75, 3.05) is 6.61 Å². The van der Waals surface area contributed by atoms with Crippen molar-refractivity contribution < 1.29 is 17.9 Å². The molecule has 0 radical (unpaired) electrons. The Balaban J connectivity index is 1.44. The Morgan fingerprint density at radius 1 is 1.09 bits per heavy atom. The van der Waals surface area contributed by atoms with Crippen LogP contribution in [0.2, 0.25) is 0 Å². The van der Waals surface area contributed by atoms with E-state index in [9.17, 15) is 13.2 Å². The molecule has 0 spiro atoms. The van der Waals surface area contributed by atoms with Gasteiger partial charge in [-0.3, -0.25) is 4.79 Å². The van der Waals surface area contributed by atoms with E-state index in [1.54, 1.807) is 0 Å². The Morgan fingerprint density at radius 2 is 1.73 bits per heavy atom. The van der Waals surface area contributed by atoms with Gasteiger partial charge in [0.1, 0.15) is 5.78 Å². The van der Waals surface area contributed by atoms with Gasteiger partial charge in [0, 0.05) is 12.3 Å².